The molecule has 2 N–H and O–H groups in total. The van der Waals surface area contributed by atoms with Crippen LogP contribution in [0, 0.1) is 0 Å². The van der Waals surface area contributed by atoms with Crippen LogP contribution >= 0.6 is 33.2 Å². The summed E-state index contributed by atoms with van der Waals surface area (Å²) in [6.45, 7) is 5.76. The fraction of sp³-hybridized carbons (Fsp3) is 0.629. The maximum absolute atomic E-state index is 14.1. The van der Waals surface area contributed by atoms with Gasteiger partial charge in [0, 0.05) is 39.9 Å². The summed E-state index contributed by atoms with van der Waals surface area (Å²) in [6.07, 6.45) is 2.66. The van der Waals surface area contributed by atoms with Crippen molar-refractivity contribution in [1.82, 2.24) is 5.32 Å². The highest BCUT2D eigenvalue weighted by molar-refractivity contribution is 8.76. The summed E-state index contributed by atoms with van der Waals surface area (Å²) in [7, 11) is 9.14. The van der Waals surface area contributed by atoms with E-state index in [9.17, 15) is 19.5 Å². The maximum Gasteiger partial charge on any atom is 0.409 e. The number of rotatable bonds is 11. The Balaban J connectivity index is 1.73. The molecule has 5 rings (SSSR count). The summed E-state index contributed by atoms with van der Waals surface area (Å²) in [5.74, 6) is -0.0309. The smallest absolute Gasteiger partial charge is 0.409 e. The van der Waals surface area contributed by atoms with E-state index in [-0.39, 0.29) is 30.9 Å². The molecule has 1 aromatic carbocycles. The molecule has 2 fully saturated rings. The number of esters is 1. The van der Waals surface area contributed by atoms with Gasteiger partial charge in [-0.15, -0.1) is 0 Å². The van der Waals surface area contributed by atoms with Crippen molar-refractivity contribution in [2.24, 2.45) is 0 Å². The zero-order chi connectivity index (χ0) is 37.6. The molecule has 4 aliphatic rings. The lowest BCUT2D eigenvalue weighted by molar-refractivity contribution is -0.329. The number of carbonyl (C=O) groups excluding carboxylic acids is 3. The Morgan fingerprint density at radius 2 is 1.94 bits per heavy atom. The molecule has 6 bridgehead atoms. The number of methoxy groups -OCH3 is 3. The maximum atomic E-state index is 14.1. The number of carbonyl (C=O) groups is 3. The predicted octanol–water partition coefficient (Wildman–Crippen LogP) is 4.85. The Kier molecular flexibility index (Phi) is 14.2. The van der Waals surface area contributed by atoms with Crippen molar-refractivity contribution in [3.63, 3.8) is 0 Å². The van der Waals surface area contributed by atoms with Crippen molar-refractivity contribution in [2.45, 2.75) is 87.8 Å². The van der Waals surface area contributed by atoms with Crippen LogP contribution in [0.1, 0.15) is 45.6 Å². The third kappa shape index (κ3) is 9.74. The summed E-state index contributed by atoms with van der Waals surface area (Å²) >= 11 is 6.75. The molecule has 51 heavy (non-hydrogen) atoms. The lowest BCUT2D eigenvalue weighted by Crippen LogP contribution is -2.72. The lowest BCUT2D eigenvalue weighted by atomic mass is 9.72. The van der Waals surface area contributed by atoms with E-state index in [1.54, 1.807) is 60.7 Å². The van der Waals surface area contributed by atoms with E-state index in [0.29, 0.717) is 24.5 Å². The molecule has 13 nitrogen and oxygen atoms in total. The molecule has 16 heteroatoms. The minimum atomic E-state index is -1.84. The van der Waals surface area contributed by atoms with Crippen molar-refractivity contribution >= 4 is 56.8 Å². The Hall–Kier alpha value is -2.50. The summed E-state index contributed by atoms with van der Waals surface area (Å²) in [6, 6.07) is 3.61. The second-order valence-corrected chi connectivity index (χ2v) is 16.3. The molecular formula is C35H49ClN2O11S2. The van der Waals surface area contributed by atoms with Crippen LogP contribution < -0.4 is 15.0 Å². The number of amides is 2. The quantitative estimate of drug-likeness (QED) is 0.179. The largest absolute Gasteiger partial charge is 0.495 e. The Labute approximate surface area is 312 Å². The van der Waals surface area contributed by atoms with Crippen LogP contribution in [-0.4, -0.2) is 118 Å². The standard InChI is InChI=1S/C35H49ClN2O11S2/c1-21-10-9-11-26(45-7)35(42)18-28(48-32(41)37-35)34(3)20-33(2,49-34)27(47-31(40)25(44-6)19-46-12-13-51-50-8)17-29(39)38(4)23-15-22(14-21)16-24(43-5)30(23)36/h9-11,15-16,25-28,42H,12-14,17-20H2,1-8H3,(H,37,41)/b11-9+,21-10+/t25?,26-,27+,28?,33-,34?,35+/m1/s1. The van der Waals surface area contributed by atoms with Crippen LogP contribution in [0.15, 0.2) is 35.9 Å². The number of ether oxygens (including phenoxy) is 7. The number of anilines is 1. The summed E-state index contributed by atoms with van der Waals surface area (Å²) in [5, 5.41) is 14.5. The van der Waals surface area contributed by atoms with Crippen LogP contribution in [0.4, 0.5) is 10.5 Å². The Morgan fingerprint density at radius 1 is 1.22 bits per heavy atom. The number of halogens is 1. The monoisotopic (exact) mass is 772 g/mol. The minimum Gasteiger partial charge on any atom is -0.495 e. The van der Waals surface area contributed by atoms with Gasteiger partial charge in [0.15, 0.2) is 11.8 Å². The highest BCUT2D eigenvalue weighted by Gasteiger charge is 2.63. The zero-order valence-electron chi connectivity index (χ0n) is 30.3. The van der Waals surface area contributed by atoms with Crippen LogP contribution in [0.2, 0.25) is 5.02 Å². The van der Waals surface area contributed by atoms with Gasteiger partial charge in [-0.2, -0.15) is 0 Å². The van der Waals surface area contributed by atoms with E-state index in [4.69, 9.17) is 44.8 Å². The summed E-state index contributed by atoms with van der Waals surface area (Å²) in [4.78, 5) is 41.9. The number of aliphatic hydroxyl groups is 1. The molecule has 4 aliphatic heterocycles. The first-order valence-corrected chi connectivity index (χ1v) is 19.6. The number of hydrogen-bond acceptors (Lipinski definition) is 13. The van der Waals surface area contributed by atoms with E-state index in [1.165, 1.54) is 26.2 Å². The minimum absolute atomic E-state index is 0.0467. The number of nitrogens with one attached hydrogen (secondary N) is 1. The van der Waals surface area contributed by atoms with Gasteiger partial charge in [0.25, 0.3) is 0 Å². The van der Waals surface area contributed by atoms with Crippen LogP contribution in [0.3, 0.4) is 0 Å². The molecule has 3 unspecified atom stereocenters. The van der Waals surface area contributed by atoms with Crippen LogP contribution in [-0.2, 0) is 44.4 Å². The first-order chi connectivity index (χ1) is 24.1. The van der Waals surface area contributed by atoms with Crippen LogP contribution in [0.5, 0.6) is 5.75 Å². The van der Waals surface area contributed by atoms with Crippen molar-refractivity contribution in [3.05, 3.63) is 46.5 Å². The first kappa shape index (κ1) is 41.3. The molecule has 0 spiro atoms. The van der Waals surface area contributed by atoms with Gasteiger partial charge < -0.3 is 43.2 Å². The lowest BCUT2D eigenvalue weighted by Gasteiger charge is -2.59. The van der Waals surface area contributed by atoms with Gasteiger partial charge in [-0.05, 0) is 51.1 Å². The van der Waals surface area contributed by atoms with Crippen molar-refractivity contribution in [3.8, 4) is 5.75 Å². The van der Waals surface area contributed by atoms with Crippen molar-refractivity contribution < 1.29 is 52.6 Å². The molecule has 4 heterocycles. The van der Waals surface area contributed by atoms with E-state index >= 15 is 0 Å². The highest BCUT2D eigenvalue weighted by Crippen LogP contribution is 2.50. The molecule has 0 saturated carbocycles. The Morgan fingerprint density at radius 3 is 2.59 bits per heavy atom. The number of fused-ring (bicyclic) bond motifs is 6. The molecule has 0 aromatic heterocycles. The number of nitrogens with zero attached hydrogens (tertiary/aromatic N) is 1. The molecule has 1 aromatic rings. The van der Waals surface area contributed by atoms with Crippen LogP contribution in [0.25, 0.3) is 0 Å². The SMILES string of the molecule is COc1cc2cc(c1Cl)N(C)C(=O)C[C@H](OC(=O)C(COCCSSC)OC)[C@@]1(C)CC(C)(O1)C1C[C@@](O)(NC(=O)O1)[C@H](OC)/C=C/C=C(\C)C2. The van der Waals surface area contributed by atoms with Gasteiger partial charge in [0.2, 0.25) is 5.91 Å². The average Bonchev–Trinajstić information content (AvgIpc) is 3.06. The second-order valence-electron chi connectivity index (χ2n) is 13.3. The van der Waals surface area contributed by atoms with E-state index < -0.39 is 59.3 Å². The molecule has 7 atom stereocenters. The molecule has 0 aliphatic carbocycles. The van der Waals surface area contributed by atoms with Gasteiger partial charge in [-0.3, -0.25) is 10.1 Å². The second kappa shape index (κ2) is 17.5. The van der Waals surface area contributed by atoms with E-state index in [2.05, 4.69) is 5.32 Å². The first-order valence-electron chi connectivity index (χ1n) is 16.5. The Bertz CT molecular complexity index is 1490. The van der Waals surface area contributed by atoms with Gasteiger partial charge in [-0.1, -0.05) is 57.0 Å². The molecular weight excluding hydrogens is 724 g/mol. The van der Waals surface area contributed by atoms with E-state index in [1.807, 2.05) is 25.3 Å². The van der Waals surface area contributed by atoms with Gasteiger partial charge >= 0.3 is 12.1 Å². The normalized spacial score (nSPS) is 32.1. The van der Waals surface area contributed by atoms with Gasteiger partial charge in [-0.25, -0.2) is 9.59 Å². The third-order valence-corrected chi connectivity index (χ3v) is 11.5. The molecule has 284 valence electrons. The summed E-state index contributed by atoms with van der Waals surface area (Å²) < 4.78 is 40.5. The number of benzene rings is 1. The number of hydrogen-bond donors (Lipinski definition) is 2. The predicted molar refractivity (Wildman–Crippen MR) is 196 cm³/mol. The fourth-order valence-corrected chi connectivity index (χ4v) is 8.08. The molecule has 2 saturated heterocycles. The van der Waals surface area contributed by atoms with E-state index in [0.717, 1.165) is 16.9 Å². The molecule has 0 radical (unpaired) electrons. The number of alkyl carbamates (subject to hydrolysis) is 1. The highest BCUT2D eigenvalue weighted by atomic mass is 35.5. The third-order valence-electron chi connectivity index (χ3n) is 9.37. The van der Waals surface area contributed by atoms with Gasteiger partial charge in [0.05, 0.1) is 32.4 Å². The van der Waals surface area contributed by atoms with Gasteiger partial charge in [0.1, 0.15) is 40.3 Å². The van der Waals surface area contributed by atoms with Crippen molar-refractivity contribution in [2.75, 3.05) is 58.5 Å². The zero-order valence-corrected chi connectivity index (χ0v) is 32.7. The summed E-state index contributed by atoms with van der Waals surface area (Å²) in [5.41, 5.74) is -2.00. The number of allylic oxidation sites excluding steroid dienone is 3. The molecule has 2 amide bonds. The average molecular weight is 773 g/mol. The van der Waals surface area contributed by atoms with Crippen molar-refractivity contribution in [1.29, 1.82) is 0 Å². The topological polar surface area (TPSA) is 151 Å². The fourth-order valence-electron chi connectivity index (χ4n) is 6.71.